The molecule has 0 aliphatic heterocycles. The lowest BCUT2D eigenvalue weighted by Crippen LogP contribution is -2.38. The molecule has 0 radical (unpaired) electrons. The summed E-state index contributed by atoms with van der Waals surface area (Å²) in [5, 5.41) is 6.69. The van der Waals surface area contributed by atoms with Gasteiger partial charge in [-0.3, -0.25) is 4.99 Å². The van der Waals surface area contributed by atoms with Gasteiger partial charge in [-0.2, -0.15) is 0 Å². The summed E-state index contributed by atoms with van der Waals surface area (Å²) in [5.74, 6) is 2.62. The van der Waals surface area contributed by atoms with Crippen molar-refractivity contribution in [3.8, 4) is 5.75 Å². The van der Waals surface area contributed by atoms with Crippen molar-refractivity contribution in [2.75, 3.05) is 20.7 Å². The Balaban J connectivity index is 0.00000300. The van der Waals surface area contributed by atoms with Gasteiger partial charge in [0.1, 0.15) is 11.6 Å². The summed E-state index contributed by atoms with van der Waals surface area (Å²) in [6.45, 7) is 2.22. The molecule has 0 spiro atoms. The van der Waals surface area contributed by atoms with Crippen molar-refractivity contribution in [1.29, 1.82) is 0 Å². The SMILES string of the molecule is CN=C(NCCc1ccc(OC)cc1)NCc1nccn1Cc1ccccc1.I. The maximum absolute atomic E-state index is 5.19. The van der Waals surface area contributed by atoms with E-state index in [0.717, 1.165) is 37.0 Å². The number of hydrogen-bond donors (Lipinski definition) is 2. The molecule has 0 bridgehead atoms. The van der Waals surface area contributed by atoms with E-state index in [1.54, 1.807) is 14.2 Å². The van der Waals surface area contributed by atoms with Crippen molar-refractivity contribution >= 4 is 29.9 Å². The number of benzene rings is 2. The lowest BCUT2D eigenvalue weighted by molar-refractivity contribution is 0.414. The molecule has 0 amide bonds. The van der Waals surface area contributed by atoms with E-state index in [4.69, 9.17) is 4.74 Å². The van der Waals surface area contributed by atoms with Crippen LogP contribution in [0.1, 0.15) is 17.0 Å². The van der Waals surface area contributed by atoms with Crippen LogP contribution in [0.25, 0.3) is 0 Å². The van der Waals surface area contributed by atoms with Gasteiger partial charge in [-0.1, -0.05) is 42.5 Å². The molecule has 0 saturated heterocycles. The summed E-state index contributed by atoms with van der Waals surface area (Å²) in [6.07, 6.45) is 4.75. The average Bonchev–Trinajstić information content (AvgIpc) is 3.18. The van der Waals surface area contributed by atoms with Crippen molar-refractivity contribution in [3.63, 3.8) is 0 Å². The van der Waals surface area contributed by atoms with Gasteiger partial charge in [0, 0.05) is 32.5 Å². The number of rotatable bonds is 8. The van der Waals surface area contributed by atoms with Crippen LogP contribution in [0.4, 0.5) is 0 Å². The number of hydrogen-bond acceptors (Lipinski definition) is 3. The van der Waals surface area contributed by atoms with Crippen molar-refractivity contribution in [2.24, 2.45) is 4.99 Å². The molecular formula is C22H28IN5O. The smallest absolute Gasteiger partial charge is 0.191 e. The van der Waals surface area contributed by atoms with Crippen LogP contribution in [0, 0.1) is 0 Å². The number of guanidine groups is 1. The first kappa shape index (κ1) is 22.7. The monoisotopic (exact) mass is 505 g/mol. The van der Waals surface area contributed by atoms with Crippen LogP contribution < -0.4 is 15.4 Å². The molecule has 0 unspecified atom stereocenters. The Morgan fingerprint density at radius 1 is 1.03 bits per heavy atom. The zero-order valence-electron chi connectivity index (χ0n) is 16.8. The Kier molecular flexibility index (Phi) is 9.49. The first-order chi connectivity index (χ1) is 13.8. The summed E-state index contributed by atoms with van der Waals surface area (Å²) in [7, 11) is 3.45. The zero-order valence-corrected chi connectivity index (χ0v) is 19.2. The Bertz CT molecular complexity index is 878. The molecule has 3 rings (SSSR count). The molecule has 2 aromatic carbocycles. The van der Waals surface area contributed by atoms with E-state index < -0.39 is 0 Å². The maximum atomic E-state index is 5.19. The third-order valence-electron chi connectivity index (χ3n) is 4.50. The molecule has 2 N–H and O–H groups in total. The number of methoxy groups -OCH3 is 1. The van der Waals surface area contributed by atoms with E-state index in [2.05, 4.69) is 61.6 Å². The highest BCUT2D eigenvalue weighted by molar-refractivity contribution is 14.0. The fourth-order valence-corrected chi connectivity index (χ4v) is 2.93. The minimum Gasteiger partial charge on any atom is -0.497 e. The molecule has 0 aliphatic rings. The number of aliphatic imine (C=N–C) groups is 1. The first-order valence-corrected chi connectivity index (χ1v) is 9.40. The van der Waals surface area contributed by atoms with Gasteiger partial charge in [0.2, 0.25) is 0 Å². The first-order valence-electron chi connectivity index (χ1n) is 9.40. The summed E-state index contributed by atoms with van der Waals surface area (Å²) in [4.78, 5) is 8.77. The quantitative estimate of drug-likeness (QED) is 0.280. The second-order valence-corrected chi connectivity index (χ2v) is 6.41. The average molecular weight is 505 g/mol. The van der Waals surface area contributed by atoms with Crippen molar-refractivity contribution in [1.82, 2.24) is 20.2 Å². The molecule has 154 valence electrons. The number of nitrogens with one attached hydrogen (secondary N) is 2. The third-order valence-corrected chi connectivity index (χ3v) is 4.50. The maximum Gasteiger partial charge on any atom is 0.191 e. The van der Waals surface area contributed by atoms with Crippen LogP contribution in [0.15, 0.2) is 72.0 Å². The Morgan fingerprint density at radius 3 is 2.48 bits per heavy atom. The summed E-state index contributed by atoms with van der Waals surface area (Å²) >= 11 is 0. The van der Waals surface area contributed by atoms with Crippen LogP contribution in [0.3, 0.4) is 0 Å². The number of aromatic nitrogens is 2. The molecule has 29 heavy (non-hydrogen) atoms. The Hall–Kier alpha value is -2.55. The van der Waals surface area contributed by atoms with Gasteiger partial charge >= 0.3 is 0 Å². The zero-order chi connectivity index (χ0) is 19.6. The molecule has 1 aromatic heterocycles. The van der Waals surface area contributed by atoms with Crippen LogP contribution in [-0.4, -0.2) is 36.2 Å². The lowest BCUT2D eigenvalue weighted by Gasteiger charge is -2.13. The number of halogens is 1. The predicted molar refractivity (Wildman–Crippen MR) is 128 cm³/mol. The Morgan fingerprint density at radius 2 is 1.79 bits per heavy atom. The van der Waals surface area contributed by atoms with Crippen molar-refractivity contribution in [2.45, 2.75) is 19.5 Å². The number of nitrogens with zero attached hydrogens (tertiary/aromatic N) is 3. The predicted octanol–water partition coefficient (Wildman–Crippen LogP) is 3.47. The molecule has 0 saturated carbocycles. The topological polar surface area (TPSA) is 63.5 Å². The second-order valence-electron chi connectivity index (χ2n) is 6.41. The van der Waals surface area contributed by atoms with Gasteiger partial charge in [0.25, 0.3) is 0 Å². The van der Waals surface area contributed by atoms with Crippen molar-refractivity contribution < 1.29 is 4.74 Å². The molecule has 0 aliphatic carbocycles. The highest BCUT2D eigenvalue weighted by atomic mass is 127. The van der Waals surface area contributed by atoms with Crippen LogP contribution in [-0.2, 0) is 19.5 Å². The van der Waals surface area contributed by atoms with E-state index in [9.17, 15) is 0 Å². The minimum absolute atomic E-state index is 0. The normalized spacial score (nSPS) is 10.9. The van der Waals surface area contributed by atoms with Gasteiger partial charge < -0.3 is 19.9 Å². The van der Waals surface area contributed by atoms with Crippen LogP contribution in [0.5, 0.6) is 5.75 Å². The van der Waals surface area contributed by atoms with E-state index in [0.29, 0.717) is 6.54 Å². The molecule has 6 nitrogen and oxygen atoms in total. The van der Waals surface area contributed by atoms with E-state index in [1.807, 2.05) is 30.6 Å². The highest BCUT2D eigenvalue weighted by Gasteiger charge is 2.05. The minimum atomic E-state index is 0. The lowest BCUT2D eigenvalue weighted by atomic mass is 10.1. The largest absolute Gasteiger partial charge is 0.497 e. The fraction of sp³-hybridized carbons (Fsp3) is 0.273. The fourth-order valence-electron chi connectivity index (χ4n) is 2.93. The van der Waals surface area contributed by atoms with Gasteiger partial charge in [-0.05, 0) is 29.7 Å². The summed E-state index contributed by atoms with van der Waals surface area (Å²) in [5.41, 5.74) is 2.51. The molecule has 7 heteroatoms. The van der Waals surface area contributed by atoms with Crippen LogP contribution in [0.2, 0.25) is 0 Å². The Labute approximate surface area is 189 Å². The molecule has 3 aromatic rings. The number of ether oxygens (including phenoxy) is 1. The van der Waals surface area contributed by atoms with Crippen LogP contribution >= 0.6 is 24.0 Å². The van der Waals surface area contributed by atoms with E-state index in [1.165, 1.54) is 11.1 Å². The van der Waals surface area contributed by atoms with Crippen molar-refractivity contribution in [3.05, 3.63) is 83.9 Å². The van der Waals surface area contributed by atoms with Gasteiger partial charge in [0.15, 0.2) is 5.96 Å². The molecule has 0 atom stereocenters. The van der Waals surface area contributed by atoms with E-state index >= 15 is 0 Å². The van der Waals surface area contributed by atoms with Gasteiger partial charge in [-0.15, -0.1) is 24.0 Å². The summed E-state index contributed by atoms with van der Waals surface area (Å²) < 4.78 is 7.34. The van der Waals surface area contributed by atoms with E-state index in [-0.39, 0.29) is 24.0 Å². The van der Waals surface area contributed by atoms with Gasteiger partial charge in [0.05, 0.1) is 13.7 Å². The number of imidazole rings is 1. The molecular weight excluding hydrogens is 477 g/mol. The summed E-state index contributed by atoms with van der Waals surface area (Å²) in [6, 6.07) is 18.5. The highest BCUT2D eigenvalue weighted by Crippen LogP contribution is 2.11. The molecule has 1 heterocycles. The van der Waals surface area contributed by atoms with Gasteiger partial charge in [-0.25, -0.2) is 4.98 Å². The molecule has 0 fully saturated rings. The second kappa shape index (κ2) is 12.1. The third kappa shape index (κ3) is 7.08. The standard InChI is InChI=1S/C22H27N5O.HI/c1-23-22(25-13-12-18-8-10-20(28-2)11-9-18)26-16-21-24-14-15-27(21)17-19-6-4-3-5-7-19;/h3-11,14-15H,12-13,16-17H2,1-2H3,(H2,23,25,26);1H.